The topological polar surface area (TPSA) is 52.0 Å². The fourth-order valence-corrected chi connectivity index (χ4v) is 2.76. The molecule has 0 aliphatic carbocycles. The summed E-state index contributed by atoms with van der Waals surface area (Å²) in [6.07, 6.45) is 0. The van der Waals surface area contributed by atoms with Crippen LogP contribution < -0.4 is 19.7 Å². The molecule has 2 N–H and O–H groups in total. The molecule has 0 fully saturated rings. The van der Waals surface area contributed by atoms with Gasteiger partial charge in [-0.2, -0.15) is 0 Å². The van der Waals surface area contributed by atoms with Crippen LogP contribution in [0.15, 0.2) is 12.1 Å². The second-order valence-corrected chi connectivity index (χ2v) is 6.19. The molecule has 0 saturated carbocycles. The van der Waals surface area contributed by atoms with Gasteiger partial charge in [0.2, 0.25) is 0 Å². The van der Waals surface area contributed by atoms with Crippen molar-refractivity contribution in [3.8, 4) is 11.5 Å². The number of amides is 1. The molecule has 1 aliphatic rings. The van der Waals surface area contributed by atoms with Crippen molar-refractivity contribution in [1.82, 2.24) is 5.32 Å². The molecule has 22 heavy (non-hydrogen) atoms. The molecule has 5 nitrogen and oxygen atoms in total. The van der Waals surface area contributed by atoms with E-state index >= 15 is 0 Å². The number of halogens is 1. The molecule has 1 aromatic carbocycles. The summed E-state index contributed by atoms with van der Waals surface area (Å²) in [5.41, 5.74) is 1.04. The standard InChI is InChI=1S/C16H23ClN2O3/c1-4-19(10-15(20)18-11(2)3)9-12-7-13(17)16-14(8-12)21-5-6-22-16/h7-8,11H,4-6,9-10H2,1-3H3,(H,18,20)/p+1. The van der Waals surface area contributed by atoms with Gasteiger partial charge in [-0.25, -0.2) is 0 Å². The van der Waals surface area contributed by atoms with Crippen LogP contribution >= 0.6 is 11.6 Å². The molecule has 1 aromatic rings. The predicted octanol–water partition coefficient (Wildman–Crippen LogP) is 1.04. The smallest absolute Gasteiger partial charge is 0.275 e. The highest BCUT2D eigenvalue weighted by Crippen LogP contribution is 2.38. The third-order valence-corrected chi connectivity index (χ3v) is 3.75. The van der Waals surface area contributed by atoms with Gasteiger partial charge in [0, 0.05) is 11.6 Å². The Morgan fingerprint density at radius 2 is 2.09 bits per heavy atom. The number of fused-ring (bicyclic) bond motifs is 1. The maximum atomic E-state index is 11.9. The van der Waals surface area contributed by atoms with E-state index < -0.39 is 0 Å². The van der Waals surface area contributed by atoms with E-state index in [-0.39, 0.29) is 11.9 Å². The average Bonchev–Trinajstić information content (AvgIpc) is 2.45. The molecular weight excluding hydrogens is 304 g/mol. The summed E-state index contributed by atoms with van der Waals surface area (Å²) in [5.74, 6) is 1.37. The minimum atomic E-state index is 0.0653. The molecule has 0 aromatic heterocycles. The van der Waals surface area contributed by atoms with Gasteiger partial charge in [-0.1, -0.05) is 11.6 Å². The number of quaternary nitrogens is 1. The van der Waals surface area contributed by atoms with Crippen LogP contribution in [-0.2, 0) is 11.3 Å². The minimum absolute atomic E-state index is 0.0653. The van der Waals surface area contributed by atoms with E-state index in [1.807, 2.05) is 26.0 Å². The molecule has 6 heteroatoms. The van der Waals surface area contributed by atoms with E-state index in [1.54, 1.807) is 0 Å². The van der Waals surface area contributed by atoms with Crippen molar-refractivity contribution in [3.05, 3.63) is 22.7 Å². The summed E-state index contributed by atoms with van der Waals surface area (Å²) in [4.78, 5) is 13.1. The fourth-order valence-electron chi connectivity index (χ4n) is 2.47. The number of carbonyl (C=O) groups excluding carboxylic acids is 1. The normalized spacial score (nSPS) is 14.8. The highest BCUT2D eigenvalue weighted by atomic mass is 35.5. The van der Waals surface area contributed by atoms with E-state index in [1.165, 1.54) is 4.90 Å². The summed E-state index contributed by atoms with van der Waals surface area (Å²) in [6, 6.07) is 4.01. The number of benzene rings is 1. The molecular formula is C16H24ClN2O3+. The number of rotatable bonds is 6. The molecule has 0 spiro atoms. The highest BCUT2D eigenvalue weighted by molar-refractivity contribution is 6.32. The summed E-state index contributed by atoms with van der Waals surface area (Å²) in [7, 11) is 0. The van der Waals surface area contributed by atoms with Crippen molar-refractivity contribution in [2.24, 2.45) is 0 Å². The fraction of sp³-hybridized carbons (Fsp3) is 0.562. The molecule has 1 aliphatic heterocycles. The molecule has 0 bridgehead atoms. The quantitative estimate of drug-likeness (QED) is 0.821. The van der Waals surface area contributed by atoms with Crippen LogP contribution in [0, 0.1) is 0 Å². The summed E-state index contributed by atoms with van der Waals surface area (Å²) >= 11 is 6.26. The first-order valence-corrected chi connectivity index (χ1v) is 8.08. The Hall–Kier alpha value is -1.46. The van der Waals surface area contributed by atoms with Crippen LogP contribution in [-0.4, -0.2) is 38.3 Å². The Kier molecular flexibility index (Phi) is 5.91. The van der Waals surface area contributed by atoms with Crippen molar-refractivity contribution in [2.45, 2.75) is 33.4 Å². The zero-order valence-corrected chi connectivity index (χ0v) is 14.1. The van der Waals surface area contributed by atoms with Crippen LogP contribution in [0.25, 0.3) is 0 Å². The highest BCUT2D eigenvalue weighted by Gasteiger charge is 2.19. The number of carbonyl (C=O) groups is 1. The van der Waals surface area contributed by atoms with Gasteiger partial charge in [0.25, 0.3) is 5.91 Å². The molecule has 1 atom stereocenters. The summed E-state index contributed by atoms with van der Waals surface area (Å²) in [5, 5.41) is 3.49. The van der Waals surface area contributed by atoms with Crippen molar-refractivity contribution < 1.29 is 19.2 Å². The van der Waals surface area contributed by atoms with E-state index in [9.17, 15) is 4.79 Å². The van der Waals surface area contributed by atoms with Gasteiger partial charge in [-0.15, -0.1) is 0 Å². The average molecular weight is 328 g/mol. The third-order valence-electron chi connectivity index (χ3n) is 3.47. The van der Waals surface area contributed by atoms with Gasteiger partial charge in [0.1, 0.15) is 19.8 Å². The Labute approximate surface area is 136 Å². The van der Waals surface area contributed by atoms with Crippen LogP contribution in [0.5, 0.6) is 11.5 Å². The monoisotopic (exact) mass is 327 g/mol. The second kappa shape index (κ2) is 7.70. The minimum Gasteiger partial charge on any atom is -0.486 e. The zero-order valence-electron chi connectivity index (χ0n) is 13.4. The van der Waals surface area contributed by atoms with Crippen molar-refractivity contribution in [1.29, 1.82) is 0 Å². The van der Waals surface area contributed by atoms with Gasteiger partial charge < -0.3 is 19.7 Å². The molecule has 0 saturated heterocycles. The lowest BCUT2D eigenvalue weighted by Gasteiger charge is -2.22. The van der Waals surface area contributed by atoms with Gasteiger partial charge >= 0.3 is 0 Å². The molecule has 1 amide bonds. The maximum absolute atomic E-state index is 11.9. The SMILES string of the molecule is CC[NH+](CC(=O)NC(C)C)Cc1cc(Cl)c2c(c1)OCCO2. The second-order valence-electron chi connectivity index (χ2n) is 5.78. The molecule has 0 radical (unpaired) electrons. The van der Waals surface area contributed by atoms with Crippen molar-refractivity contribution >= 4 is 17.5 Å². The lowest BCUT2D eigenvalue weighted by Crippen LogP contribution is -3.11. The van der Waals surface area contributed by atoms with Gasteiger partial charge in [-0.3, -0.25) is 4.79 Å². The third kappa shape index (κ3) is 4.52. The lowest BCUT2D eigenvalue weighted by molar-refractivity contribution is -0.904. The Bertz CT molecular complexity index is 534. The lowest BCUT2D eigenvalue weighted by atomic mass is 10.1. The van der Waals surface area contributed by atoms with Gasteiger partial charge in [-0.05, 0) is 32.9 Å². The Balaban J connectivity index is 2.04. The number of likely N-dealkylation sites (N-methyl/N-ethyl adjacent to an activating group) is 1. The molecule has 2 rings (SSSR count). The van der Waals surface area contributed by atoms with E-state index in [0.29, 0.717) is 36.3 Å². The summed E-state index contributed by atoms with van der Waals surface area (Å²) < 4.78 is 11.1. The van der Waals surface area contributed by atoms with Crippen LogP contribution in [0.3, 0.4) is 0 Å². The zero-order chi connectivity index (χ0) is 16.1. The molecule has 1 unspecified atom stereocenters. The first-order valence-electron chi connectivity index (χ1n) is 7.70. The van der Waals surface area contributed by atoms with Crippen LogP contribution in [0.1, 0.15) is 26.3 Å². The largest absolute Gasteiger partial charge is 0.486 e. The number of hydrogen-bond donors (Lipinski definition) is 2. The first-order chi connectivity index (χ1) is 10.5. The van der Waals surface area contributed by atoms with Gasteiger partial charge in [0.05, 0.1) is 11.6 Å². The van der Waals surface area contributed by atoms with Crippen LogP contribution in [0.4, 0.5) is 0 Å². The number of nitrogens with one attached hydrogen (secondary N) is 2. The van der Waals surface area contributed by atoms with E-state index in [2.05, 4.69) is 12.2 Å². The predicted molar refractivity (Wildman–Crippen MR) is 85.8 cm³/mol. The van der Waals surface area contributed by atoms with Crippen molar-refractivity contribution in [2.75, 3.05) is 26.3 Å². The van der Waals surface area contributed by atoms with Crippen LogP contribution in [0.2, 0.25) is 5.02 Å². The Morgan fingerprint density at radius 3 is 2.77 bits per heavy atom. The number of ether oxygens (including phenoxy) is 2. The van der Waals surface area contributed by atoms with Gasteiger partial charge in [0.15, 0.2) is 18.0 Å². The molecule has 1 heterocycles. The van der Waals surface area contributed by atoms with Crippen molar-refractivity contribution in [3.63, 3.8) is 0 Å². The number of hydrogen-bond acceptors (Lipinski definition) is 3. The summed E-state index contributed by atoms with van der Waals surface area (Å²) in [6.45, 7) is 9.07. The molecule has 122 valence electrons. The Morgan fingerprint density at radius 1 is 1.36 bits per heavy atom. The van der Waals surface area contributed by atoms with E-state index in [0.717, 1.165) is 18.7 Å². The first kappa shape index (κ1) is 16.9. The maximum Gasteiger partial charge on any atom is 0.275 e. The van der Waals surface area contributed by atoms with E-state index in [4.69, 9.17) is 21.1 Å².